The van der Waals surface area contributed by atoms with Crippen molar-refractivity contribution in [3.05, 3.63) is 29.8 Å². The lowest BCUT2D eigenvalue weighted by atomic mass is 10.1. The molecule has 0 aliphatic rings. The summed E-state index contributed by atoms with van der Waals surface area (Å²) in [6.45, 7) is 9.77. The molecule has 0 aliphatic carbocycles. The largest absolute Gasteiger partial charge is 0.444 e. The second-order valence-corrected chi connectivity index (χ2v) is 7.76. The summed E-state index contributed by atoms with van der Waals surface area (Å²) < 4.78 is 5.11. The Morgan fingerprint density at radius 2 is 1.70 bits per heavy atom. The van der Waals surface area contributed by atoms with Crippen LogP contribution in [-0.2, 0) is 20.9 Å². The number of hydrogen-bond donors (Lipinski definition) is 3. The van der Waals surface area contributed by atoms with Crippen LogP contribution in [-0.4, -0.2) is 30.1 Å². The van der Waals surface area contributed by atoms with Gasteiger partial charge in [-0.1, -0.05) is 32.0 Å². The van der Waals surface area contributed by atoms with E-state index in [0.29, 0.717) is 18.7 Å². The van der Waals surface area contributed by atoms with Crippen molar-refractivity contribution in [3.63, 3.8) is 0 Å². The minimum atomic E-state index is -0.573. The molecule has 3 amide bonds. The highest BCUT2D eigenvalue weighted by Gasteiger charge is 2.16. The number of ether oxygens (including phenoxy) is 1. The molecule has 1 aromatic rings. The van der Waals surface area contributed by atoms with Crippen molar-refractivity contribution in [2.24, 2.45) is 5.92 Å². The zero-order valence-corrected chi connectivity index (χ0v) is 16.8. The molecule has 0 heterocycles. The topological polar surface area (TPSA) is 96.5 Å². The average Bonchev–Trinajstić information content (AvgIpc) is 2.51. The minimum absolute atomic E-state index is 0.0506. The van der Waals surface area contributed by atoms with Crippen LogP contribution in [0.1, 0.15) is 53.0 Å². The number of amides is 3. The van der Waals surface area contributed by atoms with E-state index in [1.165, 1.54) is 0 Å². The Kier molecular flexibility index (Phi) is 8.78. The van der Waals surface area contributed by atoms with E-state index < -0.39 is 11.7 Å². The van der Waals surface area contributed by atoms with E-state index in [1.807, 2.05) is 38.1 Å². The van der Waals surface area contributed by atoms with Gasteiger partial charge in [0.05, 0.1) is 0 Å². The highest BCUT2D eigenvalue weighted by molar-refractivity contribution is 5.91. The molecule has 0 saturated heterocycles. The van der Waals surface area contributed by atoms with Crippen LogP contribution in [0.15, 0.2) is 24.3 Å². The molecule has 150 valence electrons. The average molecular weight is 377 g/mol. The van der Waals surface area contributed by atoms with Gasteiger partial charge < -0.3 is 20.7 Å². The molecule has 0 aliphatic heterocycles. The number of para-hydroxylation sites is 1. The maximum Gasteiger partial charge on any atom is 0.407 e. The van der Waals surface area contributed by atoms with Crippen molar-refractivity contribution in [1.29, 1.82) is 0 Å². The molecule has 1 aromatic carbocycles. The molecular weight excluding hydrogens is 346 g/mol. The molecule has 0 unspecified atom stereocenters. The van der Waals surface area contributed by atoms with Crippen molar-refractivity contribution in [2.75, 3.05) is 11.9 Å². The molecule has 0 atom stereocenters. The van der Waals surface area contributed by atoms with Crippen LogP contribution in [0.4, 0.5) is 10.5 Å². The summed E-state index contributed by atoms with van der Waals surface area (Å²) in [7, 11) is 0. The molecule has 7 nitrogen and oxygen atoms in total. The van der Waals surface area contributed by atoms with Crippen molar-refractivity contribution in [3.8, 4) is 0 Å². The van der Waals surface area contributed by atoms with E-state index in [0.717, 1.165) is 5.56 Å². The Morgan fingerprint density at radius 1 is 1.04 bits per heavy atom. The standard InChI is InChI=1S/C20H31N3O4/c1-14(2)12-18(25)23-16-9-7-6-8-15(16)13-22-17(24)10-11-21-19(26)27-20(3,4)5/h6-9,14H,10-13H2,1-5H3,(H,21,26)(H,22,24)(H,23,25). The first-order valence-electron chi connectivity index (χ1n) is 9.18. The number of nitrogens with one attached hydrogen (secondary N) is 3. The number of benzene rings is 1. The van der Waals surface area contributed by atoms with Gasteiger partial charge in [-0.15, -0.1) is 0 Å². The van der Waals surface area contributed by atoms with Gasteiger partial charge in [-0.2, -0.15) is 0 Å². The maximum absolute atomic E-state index is 12.0. The third kappa shape index (κ3) is 10.2. The first-order valence-corrected chi connectivity index (χ1v) is 9.18. The molecule has 0 saturated carbocycles. The summed E-state index contributed by atoms with van der Waals surface area (Å²) in [4.78, 5) is 35.5. The molecule has 0 aromatic heterocycles. The van der Waals surface area contributed by atoms with Crippen LogP contribution in [0.25, 0.3) is 0 Å². The molecule has 0 fully saturated rings. The van der Waals surface area contributed by atoms with Gasteiger partial charge in [0.15, 0.2) is 0 Å². The van der Waals surface area contributed by atoms with Gasteiger partial charge in [-0.25, -0.2) is 4.79 Å². The molecule has 1 rings (SSSR count). The molecule has 27 heavy (non-hydrogen) atoms. The van der Waals surface area contributed by atoms with E-state index in [9.17, 15) is 14.4 Å². The normalized spacial score (nSPS) is 11.0. The number of rotatable bonds is 8. The van der Waals surface area contributed by atoms with Crippen molar-refractivity contribution in [1.82, 2.24) is 10.6 Å². The van der Waals surface area contributed by atoms with Crippen LogP contribution in [0, 0.1) is 5.92 Å². The van der Waals surface area contributed by atoms with Crippen LogP contribution in [0.5, 0.6) is 0 Å². The summed E-state index contributed by atoms with van der Waals surface area (Å²) in [5.41, 5.74) is 0.939. The van der Waals surface area contributed by atoms with E-state index in [1.54, 1.807) is 20.8 Å². The number of alkyl carbamates (subject to hydrolysis) is 1. The fourth-order valence-electron chi connectivity index (χ4n) is 2.24. The molecule has 3 N–H and O–H groups in total. The van der Waals surface area contributed by atoms with Crippen LogP contribution in [0.2, 0.25) is 0 Å². The highest BCUT2D eigenvalue weighted by atomic mass is 16.6. The number of carbonyl (C=O) groups excluding carboxylic acids is 3. The van der Waals surface area contributed by atoms with Gasteiger partial charge in [-0.3, -0.25) is 9.59 Å². The van der Waals surface area contributed by atoms with Crippen molar-refractivity contribution < 1.29 is 19.1 Å². The zero-order valence-electron chi connectivity index (χ0n) is 16.8. The second kappa shape index (κ2) is 10.5. The minimum Gasteiger partial charge on any atom is -0.444 e. The van der Waals surface area contributed by atoms with E-state index >= 15 is 0 Å². The van der Waals surface area contributed by atoms with E-state index in [-0.39, 0.29) is 30.7 Å². The first-order chi connectivity index (χ1) is 12.6. The van der Waals surface area contributed by atoms with Gasteiger partial charge in [0, 0.05) is 31.6 Å². The van der Waals surface area contributed by atoms with Gasteiger partial charge >= 0.3 is 6.09 Å². The summed E-state index contributed by atoms with van der Waals surface area (Å²) in [6, 6.07) is 7.35. The number of hydrogen-bond acceptors (Lipinski definition) is 4. The smallest absolute Gasteiger partial charge is 0.407 e. The summed E-state index contributed by atoms with van der Waals surface area (Å²) in [5, 5.41) is 8.22. The number of anilines is 1. The van der Waals surface area contributed by atoms with Crippen LogP contribution >= 0.6 is 0 Å². The van der Waals surface area contributed by atoms with Gasteiger partial charge in [0.25, 0.3) is 0 Å². The fourth-order valence-corrected chi connectivity index (χ4v) is 2.24. The Morgan fingerprint density at radius 3 is 2.33 bits per heavy atom. The SMILES string of the molecule is CC(C)CC(=O)Nc1ccccc1CNC(=O)CCNC(=O)OC(C)(C)C. The van der Waals surface area contributed by atoms with Crippen LogP contribution in [0.3, 0.4) is 0 Å². The molecular formula is C20H31N3O4. The zero-order chi connectivity index (χ0) is 20.4. The third-order valence-corrected chi connectivity index (χ3v) is 3.38. The Hall–Kier alpha value is -2.57. The molecule has 0 spiro atoms. The molecule has 7 heteroatoms. The lowest BCUT2D eigenvalue weighted by molar-refractivity contribution is -0.121. The molecule has 0 radical (unpaired) electrons. The lowest BCUT2D eigenvalue weighted by Gasteiger charge is -2.19. The summed E-state index contributed by atoms with van der Waals surface area (Å²) in [5.74, 6) is 0.0223. The van der Waals surface area contributed by atoms with Gasteiger partial charge in [0.2, 0.25) is 11.8 Å². The van der Waals surface area contributed by atoms with E-state index in [4.69, 9.17) is 4.74 Å². The summed E-state index contributed by atoms with van der Waals surface area (Å²) >= 11 is 0. The predicted molar refractivity (Wildman–Crippen MR) is 105 cm³/mol. The predicted octanol–water partition coefficient (Wildman–Crippen LogP) is 3.20. The monoisotopic (exact) mass is 377 g/mol. The van der Waals surface area contributed by atoms with Crippen molar-refractivity contribution in [2.45, 2.75) is 59.6 Å². The summed E-state index contributed by atoms with van der Waals surface area (Å²) in [6.07, 6.45) is 0.0338. The van der Waals surface area contributed by atoms with Crippen LogP contribution < -0.4 is 16.0 Å². The quantitative estimate of drug-likeness (QED) is 0.648. The van der Waals surface area contributed by atoms with Gasteiger partial charge in [0.1, 0.15) is 5.60 Å². The second-order valence-electron chi connectivity index (χ2n) is 7.76. The van der Waals surface area contributed by atoms with Crippen molar-refractivity contribution >= 4 is 23.6 Å². The van der Waals surface area contributed by atoms with Gasteiger partial charge in [-0.05, 0) is 38.3 Å². The van der Waals surface area contributed by atoms with E-state index in [2.05, 4.69) is 16.0 Å². The lowest BCUT2D eigenvalue weighted by Crippen LogP contribution is -2.35. The number of carbonyl (C=O) groups is 3. The fraction of sp³-hybridized carbons (Fsp3) is 0.550. The Bertz CT molecular complexity index is 651. The maximum atomic E-state index is 12.0. The molecule has 0 bridgehead atoms. The first kappa shape index (κ1) is 22.5. The highest BCUT2D eigenvalue weighted by Crippen LogP contribution is 2.16. The Labute approximate surface area is 161 Å². The third-order valence-electron chi connectivity index (χ3n) is 3.38. The Balaban J connectivity index is 2.43.